The molecule has 0 heterocycles. The zero-order valence-corrected chi connectivity index (χ0v) is 20.9. The number of carboxylic acid groups (broad SMARTS) is 2. The average Bonchev–Trinajstić information content (AvgIpc) is 3.06. The van der Waals surface area contributed by atoms with Crippen LogP contribution < -0.4 is 0 Å². The molecule has 0 radical (unpaired) electrons. The van der Waals surface area contributed by atoms with E-state index in [1.54, 1.807) is 6.92 Å². The summed E-state index contributed by atoms with van der Waals surface area (Å²) >= 11 is 0. The fourth-order valence-electron chi connectivity index (χ4n) is 7.57. The molecule has 0 aromatic rings. The fourth-order valence-corrected chi connectivity index (χ4v) is 7.57. The molecule has 3 saturated carbocycles. The van der Waals surface area contributed by atoms with Crippen molar-refractivity contribution in [2.24, 2.45) is 38.9 Å². The molecule has 0 aliphatic heterocycles. The van der Waals surface area contributed by atoms with Gasteiger partial charge in [0, 0.05) is 17.3 Å². The second kappa shape index (κ2) is 9.42. The van der Waals surface area contributed by atoms with Crippen molar-refractivity contribution in [3.8, 4) is 0 Å². The second-order valence-electron chi connectivity index (χ2n) is 11.3. The Kier molecular flexibility index (Phi) is 6.95. The number of aliphatic hydroxyl groups is 3. The van der Waals surface area contributed by atoms with Crippen LogP contribution in [0.25, 0.3) is 0 Å². The van der Waals surface area contributed by atoms with Crippen LogP contribution in [0.5, 0.6) is 0 Å². The summed E-state index contributed by atoms with van der Waals surface area (Å²) in [6.45, 7) is 4.70. The van der Waals surface area contributed by atoms with Crippen molar-refractivity contribution in [2.75, 3.05) is 13.2 Å². The number of carbonyl (C=O) groups is 2. The fraction of sp³-hybridized carbons (Fsp3) is 0.760. The van der Waals surface area contributed by atoms with Crippen LogP contribution in [0.4, 0.5) is 0 Å². The molecule has 11 heteroatoms. The predicted molar refractivity (Wildman–Crippen MR) is 127 cm³/mol. The Hall–Kier alpha value is -2.50. The maximum atomic E-state index is 12.3. The first-order valence-corrected chi connectivity index (χ1v) is 12.4. The van der Waals surface area contributed by atoms with Gasteiger partial charge in [0.1, 0.15) is 0 Å². The van der Waals surface area contributed by atoms with Gasteiger partial charge in [-0.2, -0.15) is 0 Å². The van der Waals surface area contributed by atoms with Gasteiger partial charge < -0.3 is 35.2 Å². The van der Waals surface area contributed by atoms with Crippen molar-refractivity contribution in [1.29, 1.82) is 0 Å². The van der Waals surface area contributed by atoms with E-state index in [-0.39, 0.29) is 24.2 Å². The normalized spacial score (nSPS) is 43.2. The zero-order valence-electron chi connectivity index (χ0n) is 20.9. The summed E-state index contributed by atoms with van der Waals surface area (Å²) in [5.74, 6) is -2.75. The van der Waals surface area contributed by atoms with Crippen LogP contribution in [-0.4, -0.2) is 79.9 Å². The van der Waals surface area contributed by atoms with E-state index < -0.39 is 53.8 Å². The summed E-state index contributed by atoms with van der Waals surface area (Å²) in [6, 6.07) is 0. The van der Waals surface area contributed by atoms with E-state index in [1.807, 2.05) is 19.9 Å². The van der Waals surface area contributed by atoms with E-state index in [2.05, 4.69) is 10.3 Å². The monoisotopic (exact) mass is 508 g/mol. The lowest BCUT2D eigenvalue weighted by Crippen LogP contribution is -2.61. The molecule has 5 N–H and O–H groups in total. The summed E-state index contributed by atoms with van der Waals surface area (Å²) in [6.07, 6.45) is 3.07. The van der Waals surface area contributed by atoms with Gasteiger partial charge in [0.15, 0.2) is 0 Å². The Bertz CT molecular complexity index is 1010. The lowest BCUT2D eigenvalue weighted by atomic mass is 9.46. The van der Waals surface area contributed by atoms with Crippen molar-refractivity contribution in [1.82, 2.24) is 0 Å². The van der Waals surface area contributed by atoms with Gasteiger partial charge in [-0.25, -0.2) is 9.59 Å². The highest BCUT2D eigenvalue weighted by molar-refractivity contribution is 5.99. The molecule has 36 heavy (non-hydrogen) atoms. The topological polar surface area (TPSA) is 178 Å². The molecular formula is C25H36N2O9. The number of hydrogen-bond acceptors (Lipinski definition) is 9. The molecule has 0 amide bonds. The maximum absolute atomic E-state index is 12.3. The number of oxime groups is 2. The van der Waals surface area contributed by atoms with Crippen molar-refractivity contribution in [2.45, 2.75) is 77.1 Å². The number of fused-ring (bicyclic) bond motifs is 5. The minimum atomic E-state index is -1.22. The molecule has 200 valence electrons. The Morgan fingerprint density at radius 3 is 2.36 bits per heavy atom. The number of aliphatic carboxylic acids is 2. The molecule has 1 unspecified atom stereocenters. The molecule has 4 rings (SSSR count). The van der Waals surface area contributed by atoms with E-state index in [9.17, 15) is 24.9 Å². The van der Waals surface area contributed by atoms with Crippen LogP contribution in [0.2, 0.25) is 0 Å². The minimum Gasteiger partial charge on any atom is -0.479 e. The molecule has 0 spiro atoms. The average molecular weight is 509 g/mol. The summed E-state index contributed by atoms with van der Waals surface area (Å²) in [5, 5.41) is 59.3. The smallest absolute Gasteiger partial charge is 0.344 e. The molecule has 11 nitrogen and oxygen atoms in total. The number of carboxylic acids is 2. The van der Waals surface area contributed by atoms with Crippen LogP contribution in [0.3, 0.4) is 0 Å². The lowest BCUT2D eigenvalue weighted by molar-refractivity contribution is -0.143. The number of rotatable bonds is 7. The van der Waals surface area contributed by atoms with Crippen molar-refractivity contribution in [3.05, 3.63) is 11.6 Å². The highest BCUT2D eigenvalue weighted by Crippen LogP contribution is 2.67. The standard InChI is InChI=1S/C25H36N2O9/c1-13(26-35-11-21(30)31)14-5-7-25(34)16-8-18(27-36-12-22(32)33)17-9-19(28)20(29)10-23(17,2)15(16)4-6-24(14,25)3/h8,14-15,17,19-20,28-29,34H,4-7,9-12H2,1-3H3,(H,30,31)(H,32,33)/b26-13-,27-18+/t14-,15?,17+,19-,20+,23-,24-,25-/m1/s1. The van der Waals surface area contributed by atoms with Crippen LogP contribution in [0, 0.1) is 28.6 Å². The molecule has 0 saturated heterocycles. The Morgan fingerprint density at radius 2 is 1.69 bits per heavy atom. The van der Waals surface area contributed by atoms with Crippen molar-refractivity contribution < 1.29 is 44.8 Å². The Balaban J connectivity index is 1.73. The van der Waals surface area contributed by atoms with Crippen LogP contribution >= 0.6 is 0 Å². The molecule has 0 bridgehead atoms. The highest BCUT2D eigenvalue weighted by atomic mass is 16.6. The van der Waals surface area contributed by atoms with E-state index in [0.29, 0.717) is 37.1 Å². The molecule has 4 aliphatic rings. The predicted octanol–water partition coefficient (Wildman–Crippen LogP) is 1.56. The van der Waals surface area contributed by atoms with Crippen molar-refractivity contribution >= 4 is 23.4 Å². The first kappa shape index (κ1) is 26.6. The third kappa shape index (κ3) is 4.20. The SMILES string of the molecule is C/C(=N/OCC(=O)O)[C@H]1CC[C@@]2(O)C3=C/C(=N\OCC(=O)O)[C@@H]4C[C@@H](O)[C@@H](O)C[C@]4(C)C3CC[C@]12C. The van der Waals surface area contributed by atoms with Crippen LogP contribution in [0.1, 0.15) is 59.3 Å². The summed E-state index contributed by atoms with van der Waals surface area (Å²) < 4.78 is 0. The van der Waals surface area contributed by atoms with Crippen molar-refractivity contribution in [3.63, 3.8) is 0 Å². The van der Waals surface area contributed by atoms with Gasteiger partial charge in [0.2, 0.25) is 13.2 Å². The number of nitrogens with zero attached hydrogens (tertiary/aromatic N) is 2. The zero-order chi connectivity index (χ0) is 26.5. The van der Waals surface area contributed by atoms with Gasteiger partial charge in [-0.05, 0) is 68.4 Å². The van der Waals surface area contributed by atoms with E-state index in [1.165, 1.54) is 0 Å². The summed E-state index contributed by atoms with van der Waals surface area (Å²) in [7, 11) is 0. The quantitative estimate of drug-likeness (QED) is 0.252. The first-order chi connectivity index (χ1) is 16.8. The number of aliphatic hydroxyl groups excluding tert-OH is 2. The molecule has 8 atom stereocenters. The van der Waals surface area contributed by atoms with E-state index in [0.717, 1.165) is 12.0 Å². The minimum absolute atomic E-state index is 0.0691. The lowest BCUT2D eigenvalue weighted by Gasteiger charge is -2.60. The molecule has 4 aliphatic carbocycles. The molecule has 3 fully saturated rings. The number of allylic oxidation sites excluding steroid dienone is 1. The van der Waals surface area contributed by atoms with Gasteiger partial charge in [-0.3, -0.25) is 0 Å². The molecular weight excluding hydrogens is 472 g/mol. The van der Waals surface area contributed by atoms with Gasteiger partial charge in [-0.1, -0.05) is 24.2 Å². The van der Waals surface area contributed by atoms with Gasteiger partial charge in [0.05, 0.1) is 29.2 Å². The van der Waals surface area contributed by atoms with Gasteiger partial charge in [-0.15, -0.1) is 0 Å². The van der Waals surface area contributed by atoms with E-state index in [4.69, 9.17) is 19.9 Å². The second-order valence-corrected chi connectivity index (χ2v) is 11.3. The number of hydrogen-bond donors (Lipinski definition) is 5. The van der Waals surface area contributed by atoms with Crippen LogP contribution in [-0.2, 0) is 19.3 Å². The molecule has 0 aromatic heterocycles. The van der Waals surface area contributed by atoms with Gasteiger partial charge >= 0.3 is 11.9 Å². The third-order valence-electron chi connectivity index (χ3n) is 9.40. The molecule has 0 aromatic carbocycles. The summed E-state index contributed by atoms with van der Waals surface area (Å²) in [5.41, 5.74) is -0.448. The van der Waals surface area contributed by atoms with E-state index >= 15 is 0 Å². The summed E-state index contributed by atoms with van der Waals surface area (Å²) in [4.78, 5) is 31.9. The third-order valence-corrected chi connectivity index (χ3v) is 9.40. The maximum Gasteiger partial charge on any atom is 0.344 e. The van der Waals surface area contributed by atoms with Gasteiger partial charge in [0.25, 0.3) is 0 Å². The Labute approximate surface area is 209 Å². The first-order valence-electron chi connectivity index (χ1n) is 12.4. The Morgan fingerprint density at radius 1 is 1.03 bits per heavy atom. The van der Waals surface area contributed by atoms with Crippen LogP contribution in [0.15, 0.2) is 22.0 Å². The highest BCUT2D eigenvalue weighted by Gasteiger charge is 2.66. The largest absolute Gasteiger partial charge is 0.479 e.